The molecule has 0 spiro atoms. The maximum Gasteiger partial charge on any atom is 0.295 e. The normalized spacial score (nSPS) is 15.2. The molecule has 0 radical (unpaired) electrons. The molecule has 33 heavy (non-hydrogen) atoms. The number of amides is 1. The third kappa shape index (κ3) is 3.59. The van der Waals surface area contributed by atoms with Gasteiger partial charge in [0.25, 0.3) is 5.91 Å². The maximum atomic E-state index is 13.7. The zero-order chi connectivity index (χ0) is 23.1. The van der Waals surface area contributed by atoms with E-state index in [9.17, 15) is 9.59 Å². The fourth-order valence-corrected chi connectivity index (χ4v) is 4.44. The summed E-state index contributed by atoms with van der Waals surface area (Å²) in [6.45, 7) is 6.55. The Balaban J connectivity index is 1.77. The molecule has 1 amide bonds. The number of anilines is 1. The Hall–Kier alpha value is -3.86. The fourth-order valence-electron chi connectivity index (χ4n) is 4.44. The van der Waals surface area contributed by atoms with Gasteiger partial charge < -0.3 is 9.15 Å². The smallest absolute Gasteiger partial charge is 0.295 e. The van der Waals surface area contributed by atoms with Crippen LogP contribution in [0, 0.1) is 13.8 Å². The molecule has 1 atom stereocenters. The molecule has 1 aliphatic heterocycles. The second kappa shape index (κ2) is 8.24. The lowest BCUT2D eigenvalue weighted by Gasteiger charge is -2.26. The van der Waals surface area contributed by atoms with Gasteiger partial charge in [0, 0.05) is 5.69 Å². The second-order valence-corrected chi connectivity index (χ2v) is 8.51. The quantitative estimate of drug-likeness (QED) is 0.386. The highest BCUT2D eigenvalue weighted by molar-refractivity contribution is 6.10. The standard InChI is InChI=1S/C28H25NO4/c1-4-13-32-21-10-6-8-19(16-21)25-24-26(30)22-15-18(3)11-12-23(22)33-27(24)28(31)29(25)20-9-5-7-17(2)14-20/h5-12,14-16,25H,4,13H2,1-3H3. The summed E-state index contributed by atoms with van der Waals surface area (Å²) in [7, 11) is 0. The van der Waals surface area contributed by atoms with Crippen molar-refractivity contribution in [1.29, 1.82) is 0 Å². The molecular formula is C28H25NO4. The minimum absolute atomic E-state index is 0.0998. The van der Waals surface area contributed by atoms with Crippen molar-refractivity contribution < 1.29 is 13.9 Å². The number of carbonyl (C=O) groups is 1. The summed E-state index contributed by atoms with van der Waals surface area (Å²) >= 11 is 0. The molecule has 5 rings (SSSR count). The van der Waals surface area contributed by atoms with Crippen LogP contribution in [0.15, 0.2) is 75.9 Å². The van der Waals surface area contributed by atoms with Gasteiger partial charge in [-0.1, -0.05) is 42.8 Å². The van der Waals surface area contributed by atoms with Crippen molar-refractivity contribution in [2.24, 2.45) is 0 Å². The number of hydrogen-bond acceptors (Lipinski definition) is 4. The third-order valence-electron chi connectivity index (χ3n) is 5.95. The average Bonchev–Trinajstić information content (AvgIpc) is 3.11. The van der Waals surface area contributed by atoms with Crippen LogP contribution in [0.3, 0.4) is 0 Å². The van der Waals surface area contributed by atoms with Gasteiger partial charge in [0.2, 0.25) is 5.76 Å². The van der Waals surface area contributed by atoms with E-state index in [1.54, 1.807) is 11.0 Å². The number of hydrogen-bond donors (Lipinski definition) is 0. The summed E-state index contributed by atoms with van der Waals surface area (Å²) in [5, 5.41) is 0.482. The first-order valence-corrected chi connectivity index (χ1v) is 11.2. The van der Waals surface area contributed by atoms with Crippen LogP contribution in [0.25, 0.3) is 11.0 Å². The number of aryl methyl sites for hydroxylation is 2. The van der Waals surface area contributed by atoms with E-state index in [0.29, 0.717) is 28.9 Å². The van der Waals surface area contributed by atoms with Crippen LogP contribution < -0.4 is 15.1 Å². The molecule has 4 aromatic rings. The zero-order valence-electron chi connectivity index (χ0n) is 18.9. The predicted molar refractivity (Wildman–Crippen MR) is 129 cm³/mol. The van der Waals surface area contributed by atoms with Gasteiger partial charge >= 0.3 is 0 Å². The summed E-state index contributed by atoms with van der Waals surface area (Å²) in [4.78, 5) is 29.1. The van der Waals surface area contributed by atoms with Gasteiger partial charge in [0.15, 0.2) is 5.43 Å². The molecule has 0 N–H and O–H groups in total. The van der Waals surface area contributed by atoms with Crippen molar-refractivity contribution in [2.45, 2.75) is 33.2 Å². The summed E-state index contributed by atoms with van der Waals surface area (Å²) in [5.41, 5.74) is 4.11. The molecule has 1 unspecified atom stereocenters. The van der Waals surface area contributed by atoms with Crippen molar-refractivity contribution in [3.8, 4) is 5.75 Å². The minimum Gasteiger partial charge on any atom is -0.494 e. The Labute approximate surface area is 192 Å². The zero-order valence-corrected chi connectivity index (χ0v) is 18.9. The molecule has 0 fully saturated rings. The summed E-state index contributed by atoms with van der Waals surface area (Å²) < 4.78 is 11.9. The van der Waals surface area contributed by atoms with Gasteiger partial charge in [-0.05, 0) is 67.8 Å². The molecule has 166 valence electrons. The third-order valence-corrected chi connectivity index (χ3v) is 5.95. The van der Waals surface area contributed by atoms with Crippen molar-refractivity contribution in [2.75, 3.05) is 11.5 Å². The lowest BCUT2D eigenvalue weighted by atomic mass is 9.97. The molecule has 5 heteroatoms. The van der Waals surface area contributed by atoms with Gasteiger partial charge in [-0.2, -0.15) is 0 Å². The van der Waals surface area contributed by atoms with Crippen molar-refractivity contribution >= 4 is 22.6 Å². The summed E-state index contributed by atoms with van der Waals surface area (Å²) in [6.07, 6.45) is 0.888. The van der Waals surface area contributed by atoms with Crippen LogP contribution in [-0.4, -0.2) is 12.5 Å². The lowest BCUT2D eigenvalue weighted by molar-refractivity contribution is 0.0971. The van der Waals surface area contributed by atoms with Gasteiger partial charge in [-0.25, -0.2) is 0 Å². The number of carbonyl (C=O) groups excluding carboxylic acids is 1. The van der Waals surface area contributed by atoms with Crippen molar-refractivity contribution in [3.05, 3.63) is 105 Å². The summed E-state index contributed by atoms with van der Waals surface area (Å²) in [5.74, 6) is 0.489. The molecular weight excluding hydrogens is 414 g/mol. The van der Waals surface area contributed by atoms with E-state index in [1.807, 2.05) is 81.4 Å². The van der Waals surface area contributed by atoms with Gasteiger partial charge in [-0.15, -0.1) is 0 Å². The van der Waals surface area contributed by atoms with E-state index in [1.165, 1.54) is 0 Å². The number of fused-ring (bicyclic) bond motifs is 2. The monoisotopic (exact) mass is 439 g/mol. The van der Waals surface area contributed by atoms with E-state index in [0.717, 1.165) is 28.8 Å². The highest BCUT2D eigenvalue weighted by Crippen LogP contribution is 2.42. The molecule has 0 saturated carbocycles. The number of benzene rings is 3. The van der Waals surface area contributed by atoms with Gasteiger partial charge in [0.1, 0.15) is 11.3 Å². The molecule has 2 heterocycles. The van der Waals surface area contributed by atoms with Crippen molar-refractivity contribution in [1.82, 2.24) is 0 Å². The SMILES string of the molecule is CCCOc1cccc(C2c3c(oc4ccc(C)cc4c3=O)C(=O)N2c2cccc(C)c2)c1. The first kappa shape index (κ1) is 21.0. The van der Waals surface area contributed by atoms with E-state index >= 15 is 0 Å². The fraction of sp³-hybridized carbons (Fsp3) is 0.214. The largest absolute Gasteiger partial charge is 0.494 e. The maximum absolute atomic E-state index is 13.7. The van der Waals surface area contributed by atoms with Gasteiger partial charge in [0.05, 0.1) is 23.6 Å². The number of rotatable bonds is 5. The van der Waals surface area contributed by atoms with Crippen LogP contribution in [-0.2, 0) is 0 Å². The Morgan fingerprint density at radius 2 is 1.73 bits per heavy atom. The van der Waals surface area contributed by atoms with E-state index in [4.69, 9.17) is 9.15 Å². The Kier molecular flexibility index (Phi) is 5.25. The average molecular weight is 440 g/mol. The number of ether oxygens (including phenoxy) is 1. The van der Waals surface area contributed by atoms with Crippen LogP contribution in [0.1, 0.15) is 52.2 Å². The highest BCUT2D eigenvalue weighted by atomic mass is 16.5. The highest BCUT2D eigenvalue weighted by Gasteiger charge is 2.43. The molecule has 5 nitrogen and oxygen atoms in total. The first-order chi connectivity index (χ1) is 16.0. The van der Waals surface area contributed by atoms with Crippen LogP contribution in [0.4, 0.5) is 5.69 Å². The Morgan fingerprint density at radius 1 is 0.939 bits per heavy atom. The topological polar surface area (TPSA) is 59.8 Å². The Morgan fingerprint density at radius 3 is 2.52 bits per heavy atom. The van der Waals surface area contributed by atoms with Gasteiger partial charge in [-0.3, -0.25) is 14.5 Å². The van der Waals surface area contributed by atoms with Crippen LogP contribution in [0.2, 0.25) is 0 Å². The summed E-state index contributed by atoms with van der Waals surface area (Å²) in [6, 6.07) is 20.2. The molecule has 1 aliphatic rings. The van der Waals surface area contributed by atoms with Crippen LogP contribution >= 0.6 is 0 Å². The van der Waals surface area contributed by atoms with Crippen molar-refractivity contribution in [3.63, 3.8) is 0 Å². The predicted octanol–water partition coefficient (Wildman–Crippen LogP) is 5.95. The minimum atomic E-state index is -0.611. The molecule has 0 aliphatic carbocycles. The lowest BCUT2D eigenvalue weighted by Crippen LogP contribution is -2.29. The Bertz CT molecular complexity index is 1440. The van der Waals surface area contributed by atoms with E-state index in [2.05, 4.69) is 0 Å². The molecule has 3 aromatic carbocycles. The second-order valence-electron chi connectivity index (χ2n) is 8.51. The van der Waals surface area contributed by atoms with E-state index < -0.39 is 6.04 Å². The number of nitrogens with zero attached hydrogens (tertiary/aromatic N) is 1. The first-order valence-electron chi connectivity index (χ1n) is 11.2. The van der Waals surface area contributed by atoms with Crippen LogP contribution in [0.5, 0.6) is 5.75 Å². The molecule has 1 aromatic heterocycles. The molecule has 0 bridgehead atoms. The molecule has 0 saturated heterocycles. The van der Waals surface area contributed by atoms with E-state index in [-0.39, 0.29) is 17.1 Å².